The summed E-state index contributed by atoms with van der Waals surface area (Å²) >= 11 is 0. The van der Waals surface area contributed by atoms with Crippen LogP contribution >= 0.6 is 0 Å². The van der Waals surface area contributed by atoms with Crippen LogP contribution in [0.3, 0.4) is 0 Å². The number of para-hydroxylation sites is 2. The van der Waals surface area contributed by atoms with Gasteiger partial charge in [0.1, 0.15) is 0 Å². The molecule has 0 N–H and O–H groups in total. The maximum atomic E-state index is 11.8. The highest BCUT2D eigenvalue weighted by molar-refractivity contribution is 5.95. The van der Waals surface area contributed by atoms with Crippen molar-refractivity contribution in [3.8, 4) is 11.1 Å². The molecule has 0 fully saturated rings. The van der Waals surface area contributed by atoms with Gasteiger partial charge in [-0.3, -0.25) is 14.6 Å². The topological polar surface area (TPSA) is 52.4 Å². The highest BCUT2D eigenvalue weighted by Gasteiger charge is 2.54. The van der Waals surface area contributed by atoms with E-state index < -0.39 is 6.23 Å². The van der Waals surface area contributed by atoms with Crippen LogP contribution in [0.15, 0.2) is 72.3 Å². The third-order valence-corrected chi connectivity index (χ3v) is 7.15. The molecule has 31 heavy (non-hydrogen) atoms. The van der Waals surface area contributed by atoms with Crippen molar-refractivity contribution in [3.63, 3.8) is 0 Å². The van der Waals surface area contributed by atoms with Gasteiger partial charge in [0.15, 0.2) is 11.4 Å². The molecule has 162 valence electrons. The average molecular weight is 422 g/mol. The minimum Gasteiger partial charge on any atom is -0.375 e. The summed E-state index contributed by atoms with van der Waals surface area (Å²) < 4.78 is 7.38. The zero-order valence-corrected chi connectivity index (χ0v) is 18.7. The molecule has 0 radical (unpaired) electrons. The SMILES string of the molecule is CC[N+](CC)(CC)C1=C([N+]2(CC)c3ccccc3-c3ccccc32)OC([N+](=O)[O-])C=C1. The number of nitro groups is 1. The van der Waals surface area contributed by atoms with E-state index in [0.717, 1.165) is 47.8 Å². The van der Waals surface area contributed by atoms with E-state index >= 15 is 0 Å². The van der Waals surface area contributed by atoms with E-state index in [1.165, 1.54) is 0 Å². The number of benzene rings is 2. The molecule has 2 heterocycles. The quantitative estimate of drug-likeness (QED) is 0.334. The second kappa shape index (κ2) is 7.94. The Hall–Kier alpha value is -2.96. The van der Waals surface area contributed by atoms with Crippen LogP contribution < -0.4 is 4.48 Å². The van der Waals surface area contributed by atoms with Crippen molar-refractivity contribution in [1.29, 1.82) is 0 Å². The van der Waals surface area contributed by atoms with E-state index in [-0.39, 0.29) is 4.92 Å². The Kier molecular flexibility index (Phi) is 5.45. The number of hydrogen-bond acceptors (Lipinski definition) is 3. The van der Waals surface area contributed by atoms with Gasteiger partial charge in [-0.25, -0.2) is 0 Å². The zero-order valence-electron chi connectivity index (χ0n) is 18.7. The number of rotatable bonds is 7. The Labute approximate surface area is 184 Å². The minimum absolute atomic E-state index is 0.355. The zero-order chi connectivity index (χ0) is 22.2. The number of likely N-dealkylation sites (N-methyl/N-ethyl adjacent to an activating group) is 1. The lowest BCUT2D eigenvalue weighted by Gasteiger charge is -2.41. The lowest BCUT2D eigenvalue weighted by atomic mass is 10.1. The molecule has 2 aromatic carbocycles. The summed E-state index contributed by atoms with van der Waals surface area (Å²) in [6.07, 6.45) is 2.35. The van der Waals surface area contributed by atoms with E-state index in [4.69, 9.17) is 4.74 Å². The summed E-state index contributed by atoms with van der Waals surface area (Å²) in [5.74, 6) is 0.676. The van der Waals surface area contributed by atoms with E-state index in [1.807, 2.05) is 30.3 Å². The van der Waals surface area contributed by atoms with Gasteiger partial charge in [-0.2, -0.15) is 4.48 Å². The van der Waals surface area contributed by atoms with Gasteiger partial charge in [-0.15, -0.1) is 0 Å². The molecule has 0 aliphatic carbocycles. The molecule has 1 unspecified atom stereocenters. The lowest BCUT2D eigenvalue weighted by molar-refractivity contribution is -0.885. The van der Waals surface area contributed by atoms with Crippen molar-refractivity contribution >= 4 is 11.4 Å². The number of ether oxygens (including phenoxy) is 1. The van der Waals surface area contributed by atoms with Gasteiger partial charge in [0, 0.05) is 35.4 Å². The monoisotopic (exact) mass is 421 g/mol. The van der Waals surface area contributed by atoms with Gasteiger partial charge in [-0.05, 0) is 39.8 Å². The lowest BCUT2D eigenvalue weighted by Crippen LogP contribution is -2.53. The summed E-state index contributed by atoms with van der Waals surface area (Å²) in [5.41, 5.74) is 5.56. The predicted octanol–water partition coefficient (Wildman–Crippen LogP) is 5.56. The fourth-order valence-electron chi connectivity index (χ4n) is 5.30. The van der Waals surface area contributed by atoms with E-state index in [0.29, 0.717) is 21.4 Å². The first-order valence-electron chi connectivity index (χ1n) is 11.2. The number of hydrogen-bond donors (Lipinski definition) is 0. The first kappa shape index (κ1) is 21.3. The molecule has 0 aromatic heterocycles. The van der Waals surface area contributed by atoms with Gasteiger partial charge in [-0.1, -0.05) is 24.3 Å². The number of allylic oxidation sites excluding steroid dienone is 1. The second-order valence-corrected chi connectivity index (χ2v) is 8.10. The van der Waals surface area contributed by atoms with Crippen LogP contribution in [-0.2, 0) is 4.74 Å². The number of quaternary nitrogens is 2. The van der Waals surface area contributed by atoms with Gasteiger partial charge in [0.2, 0.25) is 5.70 Å². The number of nitrogens with zero attached hydrogens (tertiary/aromatic N) is 3. The molecular formula is C25H31N3O3+2. The van der Waals surface area contributed by atoms with Gasteiger partial charge in [0.05, 0.1) is 31.1 Å². The number of fused-ring (bicyclic) bond motifs is 3. The molecular weight excluding hydrogens is 390 g/mol. The second-order valence-electron chi connectivity index (χ2n) is 8.10. The van der Waals surface area contributed by atoms with Crippen molar-refractivity contribution in [3.05, 3.63) is 82.4 Å². The van der Waals surface area contributed by atoms with E-state index in [2.05, 4.69) is 52.0 Å². The van der Waals surface area contributed by atoms with Crippen LogP contribution in [0.25, 0.3) is 11.1 Å². The molecule has 0 saturated carbocycles. The van der Waals surface area contributed by atoms with Crippen molar-refractivity contribution in [1.82, 2.24) is 4.48 Å². The summed E-state index contributed by atoms with van der Waals surface area (Å²) in [6, 6.07) is 16.7. The first-order valence-corrected chi connectivity index (χ1v) is 11.2. The largest absolute Gasteiger partial charge is 0.378 e. The molecule has 4 rings (SSSR count). The summed E-state index contributed by atoms with van der Waals surface area (Å²) in [5, 5.41) is 11.8. The summed E-state index contributed by atoms with van der Waals surface area (Å²) in [7, 11) is 0. The highest BCUT2D eigenvalue weighted by atomic mass is 16.7. The van der Waals surface area contributed by atoms with Crippen LogP contribution in [0.1, 0.15) is 27.7 Å². The van der Waals surface area contributed by atoms with Crippen molar-refractivity contribution < 1.29 is 14.1 Å². The third kappa shape index (κ3) is 2.93. The predicted molar refractivity (Wildman–Crippen MR) is 124 cm³/mol. The maximum absolute atomic E-state index is 11.8. The van der Waals surface area contributed by atoms with Gasteiger partial charge < -0.3 is 4.74 Å². The van der Waals surface area contributed by atoms with Crippen LogP contribution in [0.4, 0.5) is 11.4 Å². The van der Waals surface area contributed by atoms with Crippen molar-refractivity contribution in [2.24, 2.45) is 0 Å². The Morgan fingerprint density at radius 3 is 1.90 bits per heavy atom. The standard InChI is InChI=1S/C25H31N3O3/c1-5-27(6-2,7-3)23-17-18-24(26(29)30)31-25(23)28(8-4)21-15-11-9-13-19(21)20-14-10-12-16-22(20)28/h9-18,24H,5-8H2,1-4H3/q+2. The van der Waals surface area contributed by atoms with Crippen molar-refractivity contribution in [2.45, 2.75) is 33.9 Å². The third-order valence-electron chi connectivity index (χ3n) is 7.15. The Morgan fingerprint density at radius 1 is 0.935 bits per heavy atom. The Bertz CT molecular complexity index is 1020. The molecule has 0 spiro atoms. The first-order chi connectivity index (χ1) is 15.0. The fraction of sp³-hybridized carbons (Fsp3) is 0.360. The molecule has 2 aromatic rings. The molecule has 0 bridgehead atoms. The molecule has 6 nitrogen and oxygen atoms in total. The van der Waals surface area contributed by atoms with Crippen LogP contribution in [0.5, 0.6) is 0 Å². The molecule has 2 aliphatic heterocycles. The summed E-state index contributed by atoms with van der Waals surface area (Å²) in [6.45, 7) is 12.0. The van der Waals surface area contributed by atoms with E-state index in [9.17, 15) is 10.1 Å². The van der Waals surface area contributed by atoms with Gasteiger partial charge in [0.25, 0.3) is 0 Å². The van der Waals surface area contributed by atoms with Crippen LogP contribution in [0.2, 0.25) is 0 Å². The molecule has 6 heteroatoms. The molecule has 0 amide bonds. The van der Waals surface area contributed by atoms with Crippen LogP contribution in [0, 0.1) is 10.1 Å². The Morgan fingerprint density at radius 2 is 1.45 bits per heavy atom. The van der Waals surface area contributed by atoms with Crippen LogP contribution in [-0.4, -0.2) is 41.8 Å². The maximum Gasteiger partial charge on any atom is 0.378 e. The Balaban J connectivity index is 2.09. The smallest absolute Gasteiger partial charge is 0.375 e. The normalized spacial score (nSPS) is 19.0. The minimum atomic E-state index is -1.19. The highest BCUT2D eigenvalue weighted by Crippen LogP contribution is 2.56. The summed E-state index contributed by atoms with van der Waals surface area (Å²) in [4.78, 5) is 11.4. The molecule has 2 aliphatic rings. The van der Waals surface area contributed by atoms with Crippen molar-refractivity contribution in [2.75, 3.05) is 26.2 Å². The fourth-order valence-corrected chi connectivity index (χ4v) is 5.30. The van der Waals surface area contributed by atoms with Gasteiger partial charge >= 0.3 is 12.1 Å². The average Bonchev–Trinajstić information content (AvgIpc) is 3.11. The molecule has 1 atom stereocenters. The molecule has 0 saturated heterocycles. The van der Waals surface area contributed by atoms with E-state index in [1.54, 1.807) is 6.08 Å².